The molecule has 1 aliphatic rings. The van der Waals surface area contributed by atoms with Gasteiger partial charge in [0.2, 0.25) is 11.8 Å². The highest BCUT2D eigenvalue weighted by Crippen LogP contribution is 2.27. The Hall–Kier alpha value is -3.42. The lowest BCUT2D eigenvalue weighted by molar-refractivity contribution is 0.248. The monoisotopic (exact) mass is 526 g/mol. The second-order valence-corrected chi connectivity index (χ2v) is 10.3. The first-order valence-electron chi connectivity index (χ1n) is 11.4. The molecule has 10 nitrogen and oxygen atoms in total. The Labute approximate surface area is 213 Å². The van der Waals surface area contributed by atoms with Gasteiger partial charge in [-0.2, -0.15) is 9.50 Å². The van der Waals surface area contributed by atoms with E-state index in [-0.39, 0.29) is 16.6 Å². The van der Waals surface area contributed by atoms with Crippen molar-refractivity contribution in [3.8, 4) is 11.6 Å². The van der Waals surface area contributed by atoms with E-state index in [9.17, 15) is 9.18 Å². The lowest BCUT2D eigenvalue weighted by Crippen LogP contribution is -2.47. The van der Waals surface area contributed by atoms with Crippen LogP contribution in [0.15, 0.2) is 50.7 Å². The van der Waals surface area contributed by atoms with Gasteiger partial charge in [-0.25, -0.2) is 9.37 Å². The largest absolute Gasteiger partial charge is 0.461 e. The zero-order valence-corrected chi connectivity index (χ0v) is 21.1. The summed E-state index contributed by atoms with van der Waals surface area (Å²) < 4.78 is 23.6. The lowest BCUT2D eigenvalue weighted by Gasteiger charge is -2.36. The van der Waals surface area contributed by atoms with Crippen molar-refractivity contribution in [3.05, 3.63) is 52.1 Å². The van der Waals surface area contributed by atoms with Crippen LogP contribution in [0.2, 0.25) is 0 Å². The van der Waals surface area contributed by atoms with Crippen molar-refractivity contribution in [1.29, 1.82) is 0 Å². The van der Waals surface area contributed by atoms with Crippen LogP contribution in [0.4, 0.5) is 16.0 Å². The van der Waals surface area contributed by atoms with E-state index in [1.807, 2.05) is 18.4 Å². The highest BCUT2D eigenvalue weighted by Gasteiger charge is 2.22. The summed E-state index contributed by atoms with van der Waals surface area (Å²) >= 11 is 2.61. The van der Waals surface area contributed by atoms with E-state index in [4.69, 9.17) is 10.2 Å². The molecule has 0 radical (unpaired) electrons. The SMILES string of the molecule is CSc1ccc(N2CCN(CCn3c(=O)sc4c3nc(N)n3nc(-c5ccco5)nc43)CC2)c(F)c1. The maximum atomic E-state index is 14.5. The number of fused-ring (bicyclic) bond motifs is 3. The molecule has 1 saturated heterocycles. The molecule has 2 N–H and O–H groups in total. The fraction of sp³-hybridized carbons (Fsp3) is 0.304. The molecule has 0 saturated carbocycles. The Kier molecular flexibility index (Phi) is 5.90. The summed E-state index contributed by atoms with van der Waals surface area (Å²) in [6, 6.07) is 8.91. The van der Waals surface area contributed by atoms with Crippen LogP contribution in [0.25, 0.3) is 27.6 Å². The highest BCUT2D eigenvalue weighted by molar-refractivity contribution is 7.98. The molecule has 1 fully saturated rings. The topological polar surface area (TPSA) is 111 Å². The Balaban J connectivity index is 1.19. The third-order valence-electron chi connectivity index (χ3n) is 6.37. The van der Waals surface area contributed by atoms with Crippen LogP contribution < -0.4 is 15.5 Å². The van der Waals surface area contributed by atoms with Gasteiger partial charge in [0.15, 0.2) is 17.1 Å². The van der Waals surface area contributed by atoms with E-state index in [1.54, 1.807) is 29.0 Å². The molecule has 4 aromatic heterocycles. The minimum atomic E-state index is -0.190. The van der Waals surface area contributed by atoms with Crippen molar-refractivity contribution in [1.82, 2.24) is 29.0 Å². The highest BCUT2D eigenvalue weighted by atomic mass is 32.2. The maximum absolute atomic E-state index is 14.5. The van der Waals surface area contributed by atoms with Gasteiger partial charge in [0.1, 0.15) is 10.5 Å². The molecule has 6 rings (SSSR count). The zero-order chi connectivity index (χ0) is 24.8. The minimum Gasteiger partial charge on any atom is -0.461 e. The standard InChI is InChI=1S/C23H23FN8O2S2/c1-35-14-4-5-16(15(24)13-14)30-9-6-29(7-10-30)8-11-31-20-18(36-23(31)33)21-26-19(17-3-2-12-34-17)28-32(21)22(25)27-20/h2-5,12-13H,6-11H2,1H3,(H2,25,27). The van der Waals surface area contributed by atoms with Crippen molar-refractivity contribution in [2.75, 3.05) is 49.6 Å². The van der Waals surface area contributed by atoms with Crippen molar-refractivity contribution < 1.29 is 8.81 Å². The molecule has 0 amide bonds. The van der Waals surface area contributed by atoms with Gasteiger partial charge in [-0.15, -0.1) is 16.9 Å². The quantitative estimate of drug-likeness (QED) is 0.334. The first kappa shape index (κ1) is 23.0. The average molecular weight is 527 g/mol. The van der Waals surface area contributed by atoms with Gasteiger partial charge in [-0.05, 0) is 36.6 Å². The number of hydrogen-bond acceptors (Lipinski definition) is 10. The van der Waals surface area contributed by atoms with Crippen LogP contribution in [0.3, 0.4) is 0 Å². The molecule has 0 spiro atoms. The summed E-state index contributed by atoms with van der Waals surface area (Å²) in [7, 11) is 0. The van der Waals surface area contributed by atoms with E-state index < -0.39 is 0 Å². The molecule has 186 valence electrons. The Bertz CT molecular complexity index is 1600. The Morgan fingerprint density at radius 2 is 1.97 bits per heavy atom. The third-order valence-corrected chi connectivity index (χ3v) is 8.06. The van der Waals surface area contributed by atoms with Gasteiger partial charge in [-0.3, -0.25) is 14.3 Å². The summed E-state index contributed by atoms with van der Waals surface area (Å²) in [6.07, 6.45) is 3.48. The van der Waals surface area contributed by atoms with Crippen LogP contribution in [0.5, 0.6) is 0 Å². The van der Waals surface area contributed by atoms with Crippen molar-refractivity contribution >= 4 is 50.7 Å². The average Bonchev–Trinajstić information content (AvgIpc) is 3.62. The number of anilines is 2. The minimum absolute atomic E-state index is 0.123. The second-order valence-electron chi connectivity index (χ2n) is 8.44. The summed E-state index contributed by atoms with van der Waals surface area (Å²) in [5.41, 5.74) is 7.79. The van der Waals surface area contributed by atoms with Crippen LogP contribution in [-0.2, 0) is 6.54 Å². The first-order valence-corrected chi connectivity index (χ1v) is 13.5. The van der Waals surface area contributed by atoms with E-state index in [2.05, 4.69) is 24.9 Å². The lowest BCUT2D eigenvalue weighted by atomic mass is 10.2. The number of rotatable bonds is 6. The first-order chi connectivity index (χ1) is 17.5. The molecule has 1 aromatic carbocycles. The fourth-order valence-corrected chi connectivity index (χ4v) is 5.82. The molecule has 5 heterocycles. The fourth-order valence-electron chi connectivity index (χ4n) is 4.46. The molecular formula is C23H23FN8O2S2. The molecule has 0 atom stereocenters. The molecule has 36 heavy (non-hydrogen) atoms. The van der Waals surface area contributed by atoms with Crippen molar-refractivity contribution in [2.45, 2.75) is 11.4 Å². The summed E-state index contributed by atoms with van der Waals surface area (Å²) in [5, 5.41) is 4.39. The Morgan fingerprint density at radius 3 is 2.69 bits per heavy atom. The van der Waals surface area contributed by atoms with Gasteiger partial charge in [0.05, 0.1) is 12.0 Å². The predicted octanol–water partition coefficient (Wildman–Crippen LogP) is 3.03. The number of nitrogen functional groups attached to an aromatic ring is 1. The maximum Gasteiger partial charge on any atom is 0.309 e. The van der Waals surface area contributed by atoms with Crippen LogP contribution in [-0.4, -0.2) is 68.0 Å². The van der Waals surface area contributed by atoms with Gasteiger partial charge >= 0.3 is 4.87 Å². The molecule has 1 aliphatic heterocycles. The third kappa shape index (κ3) is 4.02. The van der Waals surface area contributed by atoms with E-state index in [1.165, 1.54) is 16.3 Å². The van der Waals surface area contributed by atoms with Crippen molar-refractivity contribution in [2.24, 2.45) is 0 Å². The summed E-state index contributed by atoms with van der Waals surface area (Å²) in [4.78, 5) is 27.0. The molecular weight excluding hydrogens is 503 g/mol. The number of furan rings is 1. The van der Waals surface area contributed by atoms with Gasteiger partial charge in [-0.1, -0.05) is 11.3 Å². The molecule has 0 bridgehead atoms. The van der Waals surface area contributed by atoms with Gasteiger partial charge in [0.25, 0.3) is 0 Å². The van der Waals surface area contributed by atoms with E-state index in [0.717, 1.165) is 42.4 Å². The van der Waals surface area contributed by atoms with E-state index in [0.29, 0.717) is 46.4 Å². The molecule has 0 unspecified atom stereocenters. The van der Waals surface area contributed by atoms with Crippen molar-refractivity contribution in [3.63, 3.8) is 0 Å². The predicted molar refractivity (Wildman–Crippen MR) is 139 cm³/mol. The van der Waals surface area contributed by atoms with E-state index >= 15 is 0 Å². The number of thiazole rings is 1. The molecule has 13 heteroatoms. The normalized spacial score (nSPS) is 14.9. The number of benzene rings is 1. The number of piperazine rings is 1. The zero-order valence-electron chi connectivity index (χ0n) is 19.4. The summed E-state index contributed by atoms with van der Waals surface area (Å²) in [6.45, 7) is 4.13. The van der Waals surface area contributed by atoms with Gasteiger partial charge in [0, 0.05) is 44.2 Å². The number of nitrogens with two attached hydrogens (primary N) is 1. The second kappa shape index (κ2) is 9.22. The van der Waals surface area contributed by atoms with Crippen LogP contribution in [0.1, 0.15) is 0 Å². The van der Waals surface area contributed by atoms with Gasteiger partial charge < -0.3 is 15.1 Å². The number of hydrogen-bond donors (Lipinski definition) is 1. The number of aromatic nitrogens is 5. The molecule has 5 aromatic rings. The smallest absolute Gasteiger partial charge is 0.309 e. The number of thioether (sulfide) groups is 1. The number of nitrogens with zero attached hydrogens (tertiary/aromatic N) is 7. The van der Waals surface area contributed by atoms with Crippen LogP contribution >= 0.6 is 23.1 Å². The van der Waals surface area contributed by atoms with Crippen LogP contribution in [0, 0.1) is 5.82 Å². The Morgan fingerprint density at radius 1 is 1.14 bits per heavy atom. The number of halogens is 1. The molecule has 0 aliphatic carbocycles. The summed E-state index contributed by atoms with van der Waals surface area (Å²) in [5.74, 6) is 0.853.